The number of carbonyl (C=O) groups excluding carboxylic acids is 1. The second-order valence-electron chi connectivity index (χ2n) is 5.18. The highest BCUT2D eigenvalue weighted by Gasteiger charge is 2.18. The van der Waals surface area contributed by atoms with Crippen LogP contribution in [-0.2, 0) is 22.5 Å². The molecule has 0 amide bonds. The van der Waals surface area contributed by atoms with Gasteiger partial charge in [0.05, 0.1) is 13.2 Å². The zero-order valence-electron chi connectivity index (χ0n) is 13.4. The van der Waals surface area contributed by atoms with Gasteiger partial charge in [-0.25, -0.2) is 0 Å². The fourth-order valence-corrected chi connectivity index (χ4v) is 2.12. The zero-order valence-corrected chi connectivity index (χ0v) is 13.4. The highest BCUT2D eigenvalue weighted by molar-refractivity contribution is 5.76. The van der Waals surface area contributed by atoms with Gasteiger partial charge in [-0.2, -0.15) is 0 Å². The van der Waals surface area contributed by atoms with E-state index >= 15 is 0 Å². The Morgan fingerprint density at radius 1 is 1.29 bits per heavy atom. The number of esters is 1. The van der Waals surface area contributed by atoms with Crippen LogP contribution in [0.15, 0.2) is 18.2 Å². The van der Waals surface area contributed by atoms with E-state index in [1.54, 1.807) is 6.92 Å². The van der Waals surface area contributed by atoms with Crippen LogP contribution >= 0.6 is 0 Å². The number of ether oxygens (including phenoxy) is 2. The first kappa shape index (κ1) is 17.5. The molecule has 0 aromatic heterocycles. The average molecular weight is 294 g/mol. The van der Waals surface area contributed by atoms with Gasteiger partial charge in [-0.05, 0) is 45.1 Å². The van der Waals surface area contributed by atoms with Crippen molar-refractivity contribution >= 4 is 5.97 Å². The molecule has 1 rings (SSSR count). The maximum atomic E-state index is 11.7. The molecule has 5 nitrogen and oxygen atoms in total. The van der Waals surface area contributed by atoms with Crippen molar-refractivity contribution in [3.05, 3.63) is 29.3 Å². The van der Waals surface area contributed by atoms with E-state index in [0.29, 0.717) is 19.6 Å². The van der Waals surface area contributed by atoms with Crippen molar-refractivity contribution in [3.63, 3.8) is 0 Å². The summed E-state index contributed by atoms with van der Waals surface area (Å²) < 4.78 is 10.6. The predicted octanol–water partition coefficient (Wildman–Crippen LogP) is 1.58. The van der Waals surface area contributed by atoms with Crippen LogP contribution in [0.25, 0.3) is 0 Å². The number of nitrogens with zero attached hydrogens (tertiary/aromatic N) is 1. The molecule has 5 heteroatoms. The Hall–Kier alpha value is -1.59. The van der Waals surface area contributed by atoms with Gasteiger partial charge in [-0.3, -0.25) is 4.79 Å². The number of hydrogen-bond acceptors (Lipinski definition) is 5. The Bertz CT molecular complexity index is 461. The van der Waals surface area contributed by atoms with Gasteiger partial charge in [0.2, 0.25) is 0 Å². The minimum absolute atomic E-state index is 0.339. The van der Waals surface area contributed by atoms with Gasteiger partial charge in [0.1, 0.15) is 11.8 Å². The number of benzene rings is 1. The lowest BCUT2D eigenvalue weighted by Crippen LogP contribution is -2.34. The molecular formula is C16H26N2O3. The summed E-state index contributed by atoms with van der Waals surface area (Å²) in [5.74, 6) is 0.401. The second kappa shape index (κ2) is 8.64. The Morgan fingerprint density at radius 2 is 2.00 bits per heavy atom. The topological polar surface area (TPSA) is 64.8 Å². The maximum absolute atomic E-state index is 11.7. The molecule has 0 saturated heterocycles. The quantitative estimate of drug-likeness (QED) is 0.737. The molecular weight excluding hydrogens is 268 g/mol. The van der Waals surface area contributed by atoms with Crippen molar-refractivity contribution in [1.29, 1.82) is 0 Å². The molecule has 2 N–H and O–H groups in total. The van der Waals surface area contributed by atoms with Crippen LogP contribution in [-0.4, -0.2) is 44.2 Å². The monoisotopic (exact) mass is 294 g/mol. The fourth-order valence-electron chi connectivity index (χ4n) is 2.12. The Balaban J connectivity index is 2.91. The molecule has 0 saturated carbocycles. The molecule has 21 heavy (non-hydrogen) atoms. The smallest absolute Gasteiger partial charge is 0.323 e. The number of carbonyl (C=O) groups is 1. The van der Waals surface area contributed by atoms with E-state index in [0.717, 1.165) is 23.4 Å². The third-order valence-electron chi connectivity index (χ3n) is 2.95. The van der Waals surface area contributed by atoms with E-state index in [4.69, 9.17) is 15.2 Å². The van der Waals surface area contributed by atoms with Crippen molar-refractivity contribution in [2.24, 2.45) is 5.73 Å². The molecule has 118 valence electrons. The standard InChI is InChI=1S/C16H26N2O3/c1-5-20-15-8-7-12(11-18(3)4)9-13(15)10-14(17)16(19)21-6-2/h7-9,14H,5-6,10-11,17H2,1-4H3. The van der Waals surface area contributed by atoms with Crippen LogP contribution in [0.5, 0.6) is 5.75 Å². The summed E-state index contributed by atoms with van der Waals surface area (Å²) >= 11 is 0. The Kier molecular flexibility index (Phi) is 7.19. The van der Waals surface area contributed by atoms with E-state index in [1.807, 2.05) is 39.2 Å². The highest BCUT2D eigenvalue weighted by atomic mass is 16.5. The van der Waals surface area contributed by atoms with Crippen molar-refractivity contribution in [1.82, 2.24) is 4.90 Å². The van der Waals surface area contributed by atoms with Gasteiger partial charge in [0.25, 0.3) is 0 Å². The summed E-state index contributed by atoms with van der Waals surface area (Å²) in [6.07, 6.45) is 0.412. The summed E-state index contributed by atoms with van der Waals surface area (Å²) in [5, 5.41) is 0. The van der Waals surface area contributed by atoms with Crippen LogP contribution < -0.4 is 10.5 Å². The van der Waals surface area contributed by atoms with Gasteiger partial charge >= 0.3 is 5.97 Å². The highest BCUT2D eigenvalue weighted by Crippen LogP contribution is 2.22. The van der Waals surface area contributed by atoms with Gasteiger partial charge < -0.3 is 20.1 Å². The minimum atomic E-state index is -0.668. The van der Waals surface area contributed by atoms with E-state index in [-0.39, 0.29) is 5.97 Å². The summed E-state index contributed by atoms with van der Waals surface area (Å²) in [6.45, 7) is 5.45. The largest absolute Gasteiger partial charge is 0.494 e. The van der Waals surface area contributed by atoms with Crippen LogP contribution in [0.2, 0.25) is 0 Å². The van der Waals surface area contributed by atoms with Gasteiger partial charge in [0.15, 0.2) is 0 Å². The molecule has 0 spiro atoms. The van der Waals surface area contributed by atoms with Gasteiger partial charge in [-0.1, -0.05) is 12.1 Å². The molecule has 0 aliphatic heterocycles. The lowest BCUT2D eigenvalue weighted by Gasteiger charge is -2.17. The molecule has 0 radical (unpaired) electrons. The fraction of sp³-hybridized carbons (Fsp3) is 0.562. The number of nitrogens with two attached hydrogens (primary N) is 1. The minimum Gasteiger partial charge on any atom is -0.494 e. The normalized spacial score (nSPS) is 12.3. The number of rotatable bonds is 8. The van der Waals surface area contributed by atoms with Crippen molar-refractivity contribution in [2.75, 3.05) is 27.3 Å². The Morgan fingerprint density at radius 3 is 2.57 bits per heavy atom. The lowest BCUT2D eigenvalue weighted by atomic mass is 10.0. The zero-order chi connectivity index (χ0) is 15.8. The van der Waals surface area contributed by atoms with Gasteiger partial charge in [0, 0.05) is 13.0 Å². The SMILES string of the molecule is CCOC(=O)C(N)Cc1cc(CN(C)C)ccc1OCC. The molecule has 0 bridgehead atoms. The molecule has 1 unspecified atom stereocenters. The summed E-state index contributed by atoms with van der Waals surface area (Å²) in [4.78, 5) is 13.8. The first-order valence-electron chi connectivity index (χ1n) is 7.29. The third kappa shape index (κ3) is 5.73. The van der Waals surface area contributed by atoms with Crippen molar-refractivity contribution in [2.45, 2.75) is 32.9 Å². The summed E-state index contributed by atoms with van der Waals surface area (Å²) in [6, 6.07) is 5.35. The van der Waals surface area contributed by atoms with Crippen LogP contribution in [0, 0.1) is 0 Å². The van der Waals surface area contributed by atoms with E-state index < -0.39 is 6.04 Å². The molecule has 1 aromatic carbocycles. The maximum Gasteiger partial charge on any atom is 0.323 e. The number of hydrogen-bond donors (Lipinski definition) is 1. The van der Waals surface area contributed by atoms with Crippen LogP contribution in [0.3, 0.4) is 0 Å². The van der Waals surface area contributed by atoms with Gasteiger partial charge in [-0.15, -0.1) is 0 Å². The molecule has 1 aromatic rings. The predicted molar refractivity (Wildman–Crippen MR) is 83.3 cm³/mol. The van der Waals surface area contributed by atoms with Crippen molar-refractivity contribution in [3.8, 4) is 5.75 Å². The van der Waals surface area contributed by atoms with Crippen molar-refractivity contribution < 1.29 is 14.3 Å². The van der Waals surface area contributed by atoms with Crippen LogP contribution in [0.4, 0.5) is 0 Å². The first-order valence-corrected chi connectivity index (χ1v) is 7.29. The van der Waals surface area contributed by atoms with Crippen LogP contribution in [0.1, 0.15) is 25.0 Å². The second-order valence-corrected chi connectivity index (χ2v) is 5.18. The lowest BCUT2D eigenvalue weighted by molar-refractivity contribution is -0.144. The van der Waals surface area contributed by atoms with E-state index in [2.05, 4.69) is 4.90 Å². The third-order valence-corrected chi connectivity index (χ3v) is 2.95. The molecule has 0 aliphatic rings. The molecule has 0 heterocycles. The Labute approximate surface area is 127 Å². The molecule has 1 atom stereocenters. The first-order chi connectivity index (χ1) is 9.97. The summed E-state index contributed by atoms with van der Waals surface area (Å²) in [7, 11) is 4.03. The van der Waals surface area contributed by atoms with E-state index in [9.17, 15) is 4.79 Å². The van der Waals surface area contributed by atoms with E-state index in [1.165, 1.54) is 0 Å². The summed E-state index contributed by atoms with van der Waals surface area (Å²) in [5.41, 5.74) is 8.01. The molecule has 0 aliphatic carbocycles. The molecule has 0 fully saturated rings. The average Bonchev–Trinajstić information content (AvgIpc) is 2.41.